The van der Waals surface area contributed by atoms with E-state index in [1.165, 1.54) is 28.0 Å². The van der Waals surface area contributed by atoms with E-state index >= 15 is 0 Å². The predicted molar refractivity (Wildman–Crippen MR) is 117 cm³/mol. The molecule has 4 rings (SSSR count). The number of thiophene rings is 1. The molecule has 4 heterocycles. The summed E-state index contributed by atoms with van der Waals surface area (Å²) in [5.74, 6) is 1.19. The standard InChI is InChI=1S/C19H22N4O2S3/c24-17-12-15(20-19-23(17)9-11-28-19)13-26-14-18(25)22-7-5-21(6-8-22)4-3-16-2-1-10-27-16/h1-2,9-12H,3-8,13-14H2. The highest BCUT2D eigenvalue weighted by molar-refractivity contribution is 7.99. The smallest absolute Gasteiger partial charge is 0.258 e. The van der Waals surface area contributed by atoms with Gasteiger partial charge in [0.2, 0.25) is 5.91 Å². The number of thioether (sulfide) groups is 1. The van der Waals surface area contributed by atoms with E-state index in [2.05, 4.69) is 27.4 Å². The molecule has 3 aromatic heterocycles. The molecular formula is C19H22N4O2S3. The maximum absolute atomic E-state index is 12.5. The van der Waals surface area contributed by atoms with Crippen LogP contribution >= 0.6 is 34.4 Å². The Balaban J connectivity index is 1.19. The Morgan fingerprint density at radius 1 is 1.18 bits per heavy atom. The van der Waals surface area contributed by atoms with E-state index in [1.807, 2.05) is 10.3 Å². The second kappa shape index (κ2) is 9.21. The van der Waals surface area contributed by atoms with Crippen LogP contribution in [-0.2, 0) is 17.0 Å². The van der Waals surface area contributed by atoms with E-state index in [0.717, 1.165) is 44.8 Å². The summed E-state index contributed by atoms with van der Waals surface area (Å²) in [4.78, 5) is 35.5. The Labute approximate surface area is 175 Å². The normalized spacial score (nSPS) is 15.4. The summed E-state index contributed by atoms with van der Waals surface area (Å²) < 4.78 is 1.54. The van der Waals surface area contributed by atoms with Crippen LogP contribution in [0.2, 0.25) is 0 Å². The SMILES string of the molecule is O=C(CSCc1cc(=O)n2ccsc2n1)N1CCN(CCc2cccs2)CC1. The zero-order valence-electron chi connectivity index (χ0n) is 15.5. The highest BCUT2D eigenvalue weighted by Crippen LogP contribution is 2.14. The average molecular weight is 435 g/mol. The highest BCUT2D eigenvalue weighted by atomic mass is 32.2. The zero-order valence-corrected chi connectivity index (χ0v) is 17.9. The number of carbonyl (C=O) groups is 1. The summed E-state index contributed by atoms with van der Waals surface area (Å²) in [6, 6.07) is 5.84. The van der Waals surface area contributed by atoms with Crippen molar-refractivity contribution in [3.8, 4) is 0 Å². The molecule has 1 fully saturated rings. The van der Waals surface area contributed by atoms with Gasteiger partial charge in [0.1, 0.15) is 0 Å². The van der Waals surface area contributed by atoms with Crippen LogP contribution in [0.25, 0.3) is 4.96 Å². The maximum Gasteiger partial charge on any atom is 0.258 e. The van der Waals surface area contributed by atoms with Crippen molar-refractivity contribution in [2.45, 2.75) is 12.2 Å². The van der Waals surface area contributed by atoms with Gasteiger partial charge in [0.25, 0.3) is 5.56 Å². The molecule has 9 heteroatoms. The molecule has 148 valence electrons. The molecule has 1 saturated heterocycles. The summed E-state index contributed by atoms with van der Waals surface area (Å²) in [5.41, 5.74) is 0.676. The van der Waals surface area contributed by atoms with Gasteiger partial charge in [-0.05, 0) is 17.9 Å². The predicted octanol–water partition coefficient (Wildman–Crippen LogP) is 2.44. The molecule has 6 nitrogen and oxygen atoms in total. The molecule has 1 aliphatic heterocycles. The number of thiazole rings is 1. The van der Waals surface area contributed by atoms with Crippen molar-refractivity contribution in [3.05, 3.63) is 56.1 Å². The van der Waals surface area contributed by atoms with Gasteiger partial charge in [0, 0.05) is 61.0 Å². The van der Waals surface area contributed by atoms with Crippen molar-refractivity contribution in [1.82, 2.24) is 19.2 Å². The van der Waals surface area contributed by atoms with E-state index in [4.69, 9.17) is 0 Å². The van der Waals surface area contributed by atoms with Crippen molar-refractivity contribution < 1.29 is 4.79 Å². The molecule has 0 aliphatic carbocycles. The van der Waals surface area contributed by atoms with Gasteiger partial charge in [0.15, 0.2) is 4.96 Å². The first-order valence-electron chi connectivity index (χ1n) is 9.25. The third-order valence-corrected chi connectivity index (χ3v) is 7.45. The van der Waals surface area contributed by atoms with E-state index in [1.54, 1.807) is 28.0 Å². The monoisotopic (exact) mass is 434 g/mol. The molecule has 28 heavy (non-hydrogen) atoms. The van der Waals surface area contributed by atoms with E-state index in [0.29, 0.717) is 16.5 Å². The van der Waals surface area contributed by atoms with E-state index in [-0.39, 0.29) is 11.5 Å². The molecule has 0 radical (unpaired) electrons. The van der Waals surface area contributed by atoms with Gasteiger partial charge in [-0.2, -0.15) is 0 Å². The second-order valence-electron chi connectivity index (χ2n) is 6.69. The van der Waals surface area contributed by atoms with Gasteiger partial charge in [0.05, 0.1) is 11.4 Å². The van der Waals surface area contributed by atoms with Gasteiger partial charge < -0.3 is 4.90 Å². The first-order valence-corrected chi connectivity index (χ1v) is 12.2. The highest BCUT2D eigenvalue weighted by Gasteiger charge is 2.20. The summed E-state index contributed by atoms with van der Waals surface area (Å²) in [6.45, 7) is 4.53. The molecular weight excluding hydrogens is 412 g/mol. The largest absolute Gasteiger partial charge is 0.339 e. The van der Waals surface area contributed by atoms with Gasteiger partial charge in [-0.3, -0.25) is 18.9 Å². The Hall–Kier alpha value is -1.68. The third kappa shape index (κ3) is 4.83. The van der Waals surface area contributed by atoms with Crippen molar-refractivity contribution in [3.63, 3.8) is 0 Å². The van der Waals surface area contributed by atoms with Crippen LogP contribution in [0.3, 0.4) is 0 Å². The van der Waals surface area contributed by atoms with Gasteiger partial charge in [-0.15, -0.1) is 34.4 Å². The lowest BCUT2D eigenvalue weighted by Crippen LogP contribution is -2.49. The summed E-state index contributed by atoms with van der Waals surface area (Å²) in [5, 5.41) is 3.97. The van der Waals surface area contributed by atoms with E-state index < -0.39 is 0 Å². The number of hydrogen-bond acceptors (Lipinski definition) is 7. The minimum atomic E-state index is -0.0631. The minimum absolute atomic E-state index is 0.0631. The van der Waals surface area contributed by atoms with Crippen LogP contribution in [0.4, 0.5) is 0 Å². The number of amides is 1. The van der Waals surface area contributed by atoms with Crippen molar-refractivity contribution >= 4 is 45.3 Å². The number of nitrogens with zero attached hydrogens (tertiary/aromatic N) is 4. The van der Waals surface area contributed by atoms with E-state index in [9.17, 15) is 9.59 Å². The first kappa shape index (κ1) is 19.6. The number of carbonyl (C=O) groups excluding carboxylic acids is 1. The molecule has 1 aliphatic rings. The van der Waals surface area contributed by atoms with Gasteiger partial charge >= 0.3 is 0 Å². The average Bonchev–Trinajstić information content (AvgIpc) is 3.39. The zero-order chi connectivity index (χ0) is 19.3. The maximum atomic E-state index is 12.5. The minimum Gasteiger partial charge on any atom is -0.339 e. The van der Waals surface area contributed by atoms with Crippen molar-refractivity contribution in [1.29, 1.82) is 0 Å². The van der Waals surface area contributed by atoms with Crippen LogP contribution in [-0.4, -0.2) is 63.6 Å². The molecule has 0 saturated carbocycles. The second-order valence-corrected chi connectivity index (χ2v) is 9.58. The Morgan fingerprint density at radius 2 is 2.04 bits per heavy atom. The van der Waals surface area contributed by atoms with Crippen molar-refractivity contribution in [2.24, 2.45) is 0 Å². The summed E-state index contributed by atoms with van der Waals surface area (Å²) in [7, 11) is 0. The molecule has 0 bridgehead atoms. The molecule has 1 amide bonds. The molecule has 0 atom stereocenters. The summed E-state index contributed by atoms with van der Waals surface area (Å²) >= 11 is 4.78. The quantitative estimate of drug-likeness (QED) is 0.572. The lowest BCUT2D eigenvalue weighted by atomic mass is 10.2. The van der Waals surface area contributed by atoms with Crippen LogP contribution in [0.1, 0.15) is 10.6 Å². The molecule has 3 aromatic rings. The van der Waals surface area contributed by atoms with Gasteiger partial charge in [-0.25, -0.2) is 4.98 Å². The number of aromatic nitrogens is 2. The Bertz CT molecular complexity index is 975. The van der Waals surface area contributed by atoms with Crippen molar-refractivity contribution in [2.75, 3.05) is 38.5 Å². The summed E-state index contributed by atoms with van der Waals surface area (Å²) in [6.07, 6.45) is 2.82. The molecule has 0 N–H and O–H groups in total. The topological polar surface area (TPSA) is 57.9 Å². The molecule has 0 spiro atoms. The fourth-order valence-electron chi connectivity index (χ4n) is 3.24. The number of fused-ring (bicyclic) bond motifs is 1. The van der Waals surface area contributed by atoms with Crippen LogP contribution in [0, 0.1) is 0 Å². The van der Waals surface area contributed by atoms with Gasteiger partial charge in [-0.1, -0.05) is 6.07 Å². The molecule has 0 aromatic carbocycles. The fraction of sp³-hybridized carbons (Fsp3) is 0.421. The van der Waals surface area contributed by atoms with Crippen LogP contribution < -0.4 is 5.56 Å². The Kier molecular flexibility index (Phi) is 6.46. The first-order chi connectivity index (χ1) is 13.7. The Morgan fingerprint density at radius 3 is 2.82 bits per heavy atom. The number of hydrogen-bond donors (Lipinski definition) is 0. The fourth-order valence-corrected chi connectivity index (χ4v) is 5.49. The third-order valence-electron chi connectivity index (χ3n) is 4.81. The number of rotatable bonds is 7. The molecule has 0 unspecified atom stereocenters. The van der Waals surface area contributed by atoms with Crippen LogP contribution in [0.15, 0.2) is 40.0 Å². The van der Waals surface area contributed by atoms with Crippen LogP contribution in [0.5, 0.6) is 0 Å². The lowest BCUT2D eigenvalue weighted by Gasteiger charge is -2.34. The number of piperazine rings is 1. The lowest BCUT2D eigenvalue weighted by molar-refractivity contribution is -0.130.